The molecule has 0 radical (unpaired) electrons. The Morgan fingerprint density at radius 2 is 0.592 bits per heavy atom. The molecule has 8 heterocycles. The SMILES string of the molecule is C=S(=O)(Cc1ccccc1)Nc1cccc(Nc2ncc(-c3ccc(C#N)cc3)o2)c1.C=S(C)(=O)Nc1cccc(Nc2ncc(-c3cc4ccccc4[nH]3)o2)c1.C=S(C)(=O)Nc1cccc(Nc2ncc(-c3ccc(C#N)cc3)o2)c1.O=S(=O)(Cc1ccccc1)Nc1cccc(Nc2ncc(-c3cc4ccccc4[nH]3)o2)c1.O=S(=O)(Cc1ccccc1)Nc1cccc(Nc2ncc(-c3ccc4cnccc4c3)o2)c1. The number of hydrogen-bond acceptors (Lipinski definition) is 25. The number of pyridine rings is 1. The summed E-state index contributed by atoms with van der Waals surface area (Å²) in [4.78, 5) is 32.1. The first kappa shape index (κ1) is 99.9. The van der Waals surface area contributed by atoms with Crippen molar-refractivity contribution in [3.05, 3.63) is 417 Å². The molecule has 0 aliphatic carbocycles. The Bertz CT molecular complexity index is 8830. The third-order valence-electron chi connectivity index (χ3n) is 21.4. The van der Waals surface area contributed by atoms with Crippen molar-refractivity contribution in [1.29, 1.82) is 10.5 Å². The number of nitriles is 2. The minimum atomic E-state index is -3.55. The van der Waals surface area contributed by atoms with Gasteiger partial charge in [-0.1, -0.05) is 170 Å². The molecule has 3 unspecified atom stereocenters. The Kier molecular flexibility index (Phi) is 30.9. The summed E-state index contributed by atoms with van der Waals surface area (Å²) < 4.78 is 129. The highest BCUT2D eigenvalue weighted by Crippen LogP contribution is 2.36. The summed E-state index contributed by atoms with van der Waals surface area (Å²) in [6.45, 7) is 0. The number of oxazole rings is 5. The number of rotatable bonds is 31. The molecule has 147 heavy (non-hydrogen) atoms. The van der Waals surface area contributed by atoms with Gasteiger partial charge in [-0.25, -0.2) is 54.4 Å². The molecule has 21 rings (SSSR count). The van der Waals surface area contributed by atoms with Crippen molar-refractivity contribution in [2.75, 3.05) is 62.7 Å². The molecule has 0 fully saturated rings. The van der Waals surface area contributed by atoms with Crippen LogP contribution in [-0.4, -0.2) is 99.5 Å². The van der Waals surface area contributed by atoms with E-state index in [-0.39, 0.29) is 11.5 Å². The summed E-state index contributed by atoms with van der Waals surface area (Å²) in [5.41, 5.74) is 16.4. The molecule has 37 heteroatoms. The second kappa shape index (κ2) is 45.5. The number of nitrogens with one attached hydrogen (secondary N) is 12. The second-order valence-corrected chi connectivity index (χ2v) is 43.5. The molecule has 32 nitrogen and oxygen atoms in total. The summed E-state index contributed by atoms with van der Waals surface area (Å²) >= 11 is 0. The summed E-state index contributed by atoms with van der Waals surface area (Å²) in [5, 5.41) is 37.5. The number of fused-ring (bicyclic) bond motifs is 3. The topological polar surface area (TPSA) is 462 Å². The van der Waals surface area contributed by atoms with Crippen LogP contribution in [-0.2, 0) is 66.4 Å². The van der Waals surface area contributed by atoms with Crippen molar-refractivity contribution in [3.8, 4) is 69.0 Å². The summed E-state index contributed by atoms with van der Waals surface area (Å²) in [6, 6.07) is 111. The number of aromatic nitrogens is 8. The third-order valence-corrected chi connectivity index (χ3v) is 26.6. The normalized spacial score (nSPS) is 12.2. The molecular formula is C110H94N20O12S5. The molecule has 13 aromatic carbocycles. The van der Waals surface area contributed by atoms with Crippen molar-refractivity contribution in [2.24, 2.45) is 0 Å². The summed E-state index contributed by atoms with van der Waals surface area (Å²) in [6.07, 6.45) is 14.8. The fraction of sp³-hybridized carbons (Fsp3) is 0.0455. The van der Waals surface area contributed by atoms with Crippen LogP contribution in [0.3, 0.4) is 0 Å². The zero-order valence-corrected chi connectivity index (χ0v) is 82.8. The number of anilines is 15. The van der Waals surface area contributed by atoms with Gasteiger partial charge in [0.25, 0.3) is 30.1 Å². The molecule has 0 aliphatic heterocycles. The first-order valence-electron chi connectivity index (χ1n) is 45.1. The number of nitrogens with zero attached hydrogens (tertiary/aromatic N) is 8. The van der Waals surface area contributed by atoms with Gasteiger partial charge >= 0.3 is 0 Å². The lowest BCUT2D eigenvalue weighted by Crippen LogP contribution is -2.15. The predicted molar refractivity (Wildman–Crippen MR) is 591 cm³/mol. The lowest BCUT2D eigenvalue weighted by molar-refractivity contribution is 0.590. The first-order valence-corrected chi connectivity index (χ1v) is 54.6. The highest BCUT2D eigenvalue weighted by atomic mass is 32.2. The largest absolute Gasteiger partial charge is 0.423 e. The Balaban J connectivity index is 0.000000126. The van der Waals surface area contributed by atoms with Gasteiger partial charge in [0.1, 0.15) is 0 Å². The van der Waals surface area contributed by atoms with Crippen LogP contribution in [0.5, 0.6) is 0 Å². The van der Waals surface area contributed by atoms with E-state index in [0.717, 1.165) is 94.4 Å². The molecule has 21 aromatic rings. The lowest BCUT2D eigenvalue weighted by Gasteiger charge is -2.13. The minimum Gasteiger partial charge on any atom is -0.423 e. The van der Waals surface area contributed by atoms with E-state index in [1.165, 1.54) is 6.26 Å². The van der Waals surface area contributed by atoms with E-state index in [1.54, 1.807) is 153 Å². The molecule has 736 valence electrons. The van der Waals surface area contributed by atoms with E-state index in [2.05, 4.69) is 120 Å². The van der Waals surface area contributed by atoms with E-state index in [4.69, 9.17) is 32.6 Å². The molecule has 0 aliphatic rings. The van der Waals surface area contributed by atoms with Crippen LogP contribution in [0.2, 0.25) is 0 Å². The van der Waals surface area contributed by atoms with Gasteiger partial charge in [-0.2, -0.15) is 10.5 Å². The van der Waals surface area contributed by atoms with Crippen molar-refractivity contribution >= 4 is 186 Å². The molecule has 8 aromatic heterocycles. The molecule has 0 saturated carbocycles. The quantitative estimate of drug-likeness (QED) is 0.0180. The molecule has 12 N–H and O–H groups in total. The highest BCUT2D eigenvalue weighted by Gasteiger charge is 2.20. The predicted octanol–water partition coefficient (Wildman–Crippen LogP) is 24.2. The fourth-order valence-electron chi connectivity index (χ4n) is 14.9. The van der Waals surface area contributed by atoms with Crippen LogP contribution in [0, 0.1) is 22.7 Å². The molecule has 0 saturated heterocycles. The Labute approximate surface area is 848 Å². The van der Waals surface area contributed by atoms with Crippen LogP contribution >= 0.6 is 0 Å². The van der Waals surface area contributed by atoms with Crippen molar-refractivity contribution in [2.45, 2.75) is 17.3 Å². The maximum Gasteiger partial charge on any atom is 0.299 e. The maximum atomic E-state index is 12.9. The van der Waals surface area contributed by atoms with Crippen LogP contribution in [0.1, 0.15) is 27.8 Å². The van der Waals surface area contributed by atoms with Crippen molar-refractivity contribution in [3.63, 3.8) is 0 Å². The van der Waals surface area contributed by atoms with Gasteiger partial charge in [-0.15, -0.1) is 0 Å². The van der Waals surface area contributed by atoms with Crippen LogP contribution < -0.4 is 50.2 Å². The number of sulfonamides is 2. The minimum absolute atomic E-state index is 0.0981. The number of aromatic amines is 2. The van der Waals surface area contributed by atoms with Gasteiger partial charge in [0.05, 0.1) is 94.3 Å². The average molecular weight is 2050 g/mol. The number of benzene rings is 13. The molecule has 3 atom stereocenters. The summed E-state index contributed by atoms with van der Waals surface area (Å²) in [7, 11) is -14.3. The number of H-pyrrole nitrogens is 2. The van der Waals surface area contributed by atoms with Gasteiger partial charge in [-0.05, 0) is 216 Å². The van der Waals surface area contributed by atoms with Crippen LogP contribution in [0.15, 0.2) is 411 Å². The van der Waals surface area contributed by atoms with Gasteiger partial charge in [0.15, 0.2) is 28.8 Å². The second-order valence-electron chi connectivity index (χ2n) is 33.5. The van der Waals surface area contributed by atoms with E-state index < -0.39 is 49.2 Å². The third kappa shape index (κ3) is 29.1. The van der Waals surface area contributed by atoms with E-state index >= 15 is 0 Å². The molecule has 0 spiro atoms. The van der Waals surface area contributed by atoms with Gasteiger partial charge < -0.3 is 72.8 Å². The van der Waals surface area contributed by atoms with E-state index in [0.29, 0.717) is 116 Å². The Hall–Kier alpha value is -18.7. The van der Waals surface area contributed by atoms with E-state index in [9.17, 15) is 29.5 Å². The number of para-hydroxylation sites is 2. The fourth-order valence-corrected chi connectivity index (χ4v) is 19.9. The lowest BCUT2D eigenvalue weighted by atomic mass is 10.1. The standard InChI is InChI=1S/C25H20N4O3S.C24H20N4O3S.C24H20N4O2S.C19H18N4O2S.C18H16N4O2S/c30-33(31,17-18-5-2-1-3-6-18)29-23-8-4-7-22(14-23)28-25-27-16-24(32-25)20-9-10-21-15-26-12-11-19(21)13-20;29-32(30,16-17-7-2-1-3-8-17)28-20-11-6-10-19(14-20)26-24-25-15-23(31-24)22-13-18-9-4-5-12-21(18)27-22;1-31(29,17-19-6-3-2-4-7-19)28-22-9-5-8-21(14-22)27-24-26-16-23(30-24)20-12-10-18(15-25)11-13-20;1-26(2,24)23-15-8-5-7-14(11-15)21-19-20-12-18(25-19)17-10-13-6-3-4-9-16(13)22-17;1-25(2,23)22-16-5-3-4-15(10-16)21-18-20-12-17(24-18)14-8-6-13(11-19)7-9-14/h1-16,29H,17H2,(H,27,28);1-15,27-28H,16H2,(H,25,26);2-14,16H,1,17H2,(H,26,27)(H,28,29);3-12,22H,1H2,2H3,(H,20,21)(H,23,24);3-10,12H,1H2,2H3,(H,20,21)(H,22,23). The number of hydrogen-bond donors (Lipinski definition) is 12. The van der Waals surface area contributed by atoms with Gasteiger partial charge in [0, 0.05) is 143 Å². The Morgan fingerprint density at radius 1 is 0.286 bits per heavy atom. The van der Waals surface area contributed by atoms with Gasteiger partial charge in [-0.3, -0.25) is 14.4 Å². The summed E-state index contributed by atoms with van der Waals surface area (Å²) in [5.74, 6) is 14.2. The maximum absolute atomic E-state index is 12.9. The van der Waals surface area contributed by atoms with Crippen LogP contribution in [0.4, 0.5) is 86.9 Å². The van der Waals surface area contributed by atoms with Crippen LogP contribution in [0.25, 0.3) is 89.5 Å². The zero-order chi connectivity index (χ0) is 102. The smallest absolute Gasteiger partial charge is 0.299 e. The average Bonchev–Trinajstić information content (AvgIpc) is 1.67. The Morgan fingerprint density at radius 3 is 0.946 bits per heavy atom. The van der Waals surface area contributed by atoms with Gasteiger partial charge in [0.2, 0.25) is 20.0 Å². The first-order chi connectivity index (χ1) is 71.0. The van der Waals surface area contributed by atoms with Crippen molar-refractivity contribution in [1.82, 2.24) is 39.9 Å². The highest BCUT2D eigenvalue weighted by molar-refractivity contribution is 8.01. The molecule has 0 amide bonds. The zero-order valence-electron chi connectivity index (χ0n) is 78.7. The molecule has 0 bridgehead atoms. The van der Waals surface area contributed by atoms with Crippen molar-refractivity contribution < 1.29 is 51.5 Å². The van der Waals surface area contributed by atoms with E-state index in [1.807, 2.05) is 243 Å². The monoisotopic (exact) mass is 2050 g/mol. The molecular weight excluding hydrogens is 1950 g/mol.